The first-order valence-electron chi connectivity index (χ1n) is 10.7. The standard InChI is InChI=1S/C27H23ClN2O4/c1-15-8-13-21(17(3)14-15)30-25(31)23(28)24(26(30)32)29-20-11-9-19(10-12-20)27(33)34-22-7-5-6-16(2)18(22)4/h5-14,29H,1-4H3. The normalized spacial score (nSPS) is 13.5. The minimum Gasteiger partial charge on any atom is -0.423 e. The third kappa shape index (κ3) is 4.32. The summed E-state index contributed by atoms with van der Waals surface area (Å²) < 4.78 is 5.52. The quantitative estimate of drug-likeness (QED) is 0.297. The van der Waals surface area contributed by atoms with Gasteiger partial charge in [-0.15, -0.1) is 0 Å². The van der Waals surface area contributed by atoms with E-state index in [2.05, 4.69) is 5.32 Å². The summed E-state index contributed by atoms with van der Waals surface area (Å²) in [4.78, 5) is 39.4. The Morgan fingerprint density at radius 3 is 2.26 bits per heavy atom. The maximum absolute atomic E-state index is 13.0. The first-order valence-corrected chi connectivity index (χ1v) is 11.1. The molecule has 0 saturated heterocycles. The summed E-state index contributed by atoms with van der Waals surface area (Å²) in [6, 6.07) is 17.4. The van der Waals surface area contributed by atoms with Crippen LogP contribution in [0.3, 0.4) is 0 Å². The number of amides is 2. The summed E-state index contributed by atoms with van der Waals surface area (Å²) in [7, 11) is 0. The van der Waals surface area contributed by atoms with Crippen molar-refractivity contribution in [1.82, 2.24) is 0 Å². The highest BCUT2D eigenvalue weighted by molar-refractivity contribution is 6.53. The number of imide groups is 1. The molecular formula is C27H23ClN2O4. The molecule has 1 aliphatic rings. The van der Waals surface area contributed by atoms with Crippen LogP contribution in [0.1, 0.15) is 32.6 Å². The van der Waals surface area contributed by atoms with Crippen molar-refractivity contribution in [2.75, 3.05) is 10.2 Å². The Hall–Kier alpha value is -3.90. The summed E-state index contributed by atoms with van der Waals surface area (Å²) in [6.07, 6.45) is 0. The van der Waals surface area contributed by atoms with Gasteiger partial charge in [-0.05, 0) is 80.8 Å². The van der Waals surface area contributed by atoms with E-state index in [0.717, 1.165) is 27.2 Å². The highest BCUT2D eigenvalue weighted by Gasteiger charge is 2.39. The molecule has 0 radical (unpaired) electrons. The van der Waals surface area contributed by atoms with Crippen LogP contribution in [0, 0.1) is 27.7 Å². The van der Waals surface area contributed by atoms with Crippen molar-refractivity contribution in [2.24, 2.45) is 0 Å². The topological polar surface area (TPSA) is 75.7 Å². The fourth-order valence-electron chi connectivity index (χ4n) is 3.71. The fraction of sp³-hybridized carbons (Fsp3) is 0.148. The van der Waals surface area contributed by atoms with E-state index in [4.69, 9.17) is 16.3 Å². The molecule has 3 aromatic carbocycles. The van der Waals surface area contributed by atoms with Gasteiger partial charge in [0.05, 0.1) is 11.3 Å². The summed E-state index contributed by atoms with van der Waals surface area (Å²) in [6.45, 7) is 7.61. The Kier molecular flexibility index (Phi) is 6.26. The number of carbonyl (C=O) groups excluding carboxylic acids is 3. The molecule has 0 aliphatic carbocycles. The van der Waals surface area contributed by atoms with E-state index in [1.54, 1.807) is 36.4 Å². The van der Waals surface area contributed by atoms with Crippen LogP contribution in [0.5, 0.6) is 5.75 Å². The molecule has 0 fully saturated rings. The molecule has 0 atom stereocenters. The smallest absolute Gasteiger partial charge is 0.343 e. The average molecular weight is 475 g/mol. The molecule has 0 saturated carbocycles. The van der Waals surface area contributed by atoms with Crippen LogP contribution in [-0.2, 0) is 9.59 Å². The first-order chi connectivity index (χ1) is 16.2. The van der Waals surface area contributed by atoms with Gasteiger partial charge in [0, 0.05) is 5.69 Å². The molecule has 3 aromatic rings. The van der Waals surface area contributed by atoms with E-state index in [1.807, 2.05) is 52.0 Å². The van der Waals surface area contributed by atoms with Crippen LogP contribution in [0.25, 0.3) is 0 Å². The molecule has 0 bridgehead atoms. The lowest BCUT2D eigenvalue weighted by Crippen LogP contribution is -2.32. The van der Waals surface area contributed by atoms with Gasteiger partial charge in [0.15, 0.2) is 0 Å². The highest BCUT2D eigenvalue weighted by Crippen LogP contribution is 2.32. The molecule has 0 aromatic heterocycles. The maximum Gasteiger partial charge on any atom is 0.343 e. The lowest BCUT2D eigenvalue weighted by atomic mass is 10.1. The van der Waals surface area contributed by atoms with Gasteiger partial charge in [0.25, 0.3) is 11.8 Å². The molecule has 172 valence electrons. The number of anilines is 2. The molecule has 4 rings (SSSR count). The van der Waals surface area contributed by atoms with E-state index >= 15 is 0 Å². The van der Waals surface area contributed by atoms with Crippen molar-refractivity contribution < 1.29 is 19.1 Å². The molecular weight excluding hydrogens is 452 g/mol. The second kappa shape index (κ2) is 9.15. The largest absolute Gasteiger partial charge is 0.423 e. The minimum absolute atomic E-state index is 0.0163. The Morgan fingerprint density at radius 1 is 0.882 bits per heavy atom. The van der Waals surface area contributed by atoms with Gasteiger partial charge in [0.2, 0.25) is 0 Å². The second-order valence-electron chi connectivity index (χ2n) is 8.21. The Balaban J connectivity index is 1.50. The number of hydrogen-bond acceptors (Lipinski definition) is 5. The number of nitrogens with one attached hydrogen (secondary N) is 1. The lowest BCUT2D eigenvalue weighted by Gasteiger charge is -2.18. The van der Waals surface area contributed by atoms with E-state index < -0.39 is 17.8 Å². The van der Waals surface area contributed by atoms with Crippen molar-refractivity contribution in [3.05, 3.63) is 99.2 Å². The van der Waals surface area contributed by atoms with E-state index in [1.165, 1.54) is 0 Å². The number of nitrogens with zero attached hydrogens (tertiary/aromatic N) is 1. The van der Waals surface area contributed by atoms with Crippen LogP contribution in [-0.4, -0.2) is 17.8 Å². The predicted octanol–water partition coefficient (Wildman–Crippen LogP) is 5.58. The van der Waals surface area contributed by atoms with Gasteiger partial charge in [-0.2, -0.15) is 0 Å². The van der Waals surface area contributed by atoms with Gasteiger partial charge in [-0.3, -0.25) is 9.59 Å². The van der Waals surface area contributed by atoms with E-state index in [9.17, 15) is 14.4 Å². The monoisotopic (exact) mass is 474 g/mol. The SMILES string of the molecule is Cc1ccc(N2C(=O)C(Cl)=C(Nc3ccc(C(=O)Oc4cccc(C)c4C)cc3)C2=O)c(C)c1. The first kappa shape index (κ1) is 23.3. The number of esters is 1. The zero-order valence-electron chi connectivity index (χ0n) is 19.2. The van der Waals surface area contributed by atoms with E-state index in [0.29, 0.717) is 22.7 Å². The van der Waals surface area contributed by atoms with Crippen molar-refractivity contribution >= 4 is 40.8 Å². The Labute approximate surface area is 202 Å². The predicted molar refractivity (Wildman–Crippen MR) is 132 cm³/mol. The third-order valence-electron chi connectivity index (χ3n) is 5.77. The van der Waals surface area contributed by atoms with Gasteiger partial charge in [-0.25, -0.2) is 9.69 Å². The summed E-state index contributed by atoms with van der Waals surface area (Å²) in [5.41, 5.74) is 5.05. The number of ether oxygens (including phenoxy) is 1. The van der Waals surface area contributed by atoms with Crippen LogP contribution < -0.4 is 15.0 Å². The van der Waals surface area contributed by atoms with Gasteiger partial charge >= 0.3 is 5.97 Å². The molecule has 1 N–H and O–H groups in total. The minimum atomic E-state index is -0.588. The highest BCUT2D eigenvalue weighted by atomic mass is 35.5. The number of aryl methyl sites for hydroxylation is 3. The van der Waals surface area contributed by atoms with Crippen molar-refractivity contribution in [2.45, 2.75) is 27.7 Å². The van der Waals surface area contributed by atoms with E-state index in [-0.39, 0.29) is 10.7 Å². The molecule has 0 unspecified atom stereocenters. The Morgan fingerprint density at radius 2 is 1.59 bits per heavy atom. The van der Waals surface area contributed by atoms with Crippen LogP contribution in [0.4, 0.5) is 11.4 Å². The molecule has 1 aliphatic heterocycles. The second-order valence-corrected chi connectivity index (χ2v) is 8.59. The molecule has 6 nitrogen and oxygen atoms in total. The number of halogens is 1. The number of carbonyl (C=O) groups is 3. The maximum atomic E-state index is 13.0. The van der Waals surface area contributed by atoms with Gasteiger partial charge < -0.3 is 10.1 Å². The molecule has 34 heavy (non-hydrogen) atoms. The molecule has 0 spiro atoms. The van der Waals surface area contributed by atoms with Crippen LogP contribution in [0.2, 0.25) is 0 Å². The fourth-order valence-corrected chi connectivity index (χ4v) is 3.93. The number of benzene rings is 3. The zero-order valence-corrected chi connectivity index (χ0v) is 20.0. The summed E-state index contributed by atoms with van der Waals surface area (Å²) in [5, 5.41) is 2.73. The third-order valence-corrected chi connectivity index (χ3v) is 6.12. The molecule has 1 heterocycles. The van der Waals surface area contributed by atoms with Gasteiger partial charge in [-0.1, -0.05) is 41.4 Å². The van der Waals surface area contributed by atoms with Crippen molar-refractivity contribution in [3.63, 3.8) is 0 Å². The molecule has 2 amide bonds. The Bertz CT molecular complexity index is 1360. The van der Waals surface area contributed by atoms with Crippen molar-refractivity contribution in [1.29, 1.82) is 0 Å². The van der Waals surface area contributed by atoms with Crippen LogP contribution >= 0.6 is 11.6 Å². The number of rotatable bonds is 5. The van der Waals surface area contributed by atoms with Crippen LogP contribution in [0.15, 0.2) is 71.4 Å². The molecule has 7 heteroatoms. The van der Waals surface area contributed by atoms with Gasteiger partial charge in [0.1, 0.15) is 16.5 Å². The average Bonchev–Trinajstić information content (AvgIpc) is 3.01. The zero-order chi connectivity index (χ0) is 24.6. The summed E-state index contributed by atoms with van der Waals surface area (Å²) in [5.74, 6) is -1.12. The van der Waals surface area contributed by atoms with Crippen molar-refractivity contribution in [3.8, 4) is 5.75 Å². The summed E-state index contributed by atoms with van der Waals surface area (Å²) >= 11 is 6.23. The lowest BCUT2D eigenvalue weighted by molar-refractivity contribution is -0.120. The number of hydrogen-bond donors (Lipinski definition) is 1.